The van der Waals surface area contributed by atoms with Crippen LogP contribution in [0.1, 0.15) is 17.2 Å². The highest BCUT2D eigenvalue weighted by atomic mass is 32.1. The van der Waals surface area contributed by atoms with Crippen molar-refractivity contribution in [2.24, 2.45) is 0 Å². The molecule has 0 aliphatic heterocycles. The number of nitrogens with zero attached hydrogens (tertiary/aromatic N) is 3. The van der Waals surface area contributed by atoms with Crippen LogP contribution in [0.2, 0.25) is 0 Å². The molecule has 0 fully saturated rings. The van der Waals surface area contributed by atoms with Crippen LogP contribution in [0.5, 0.6) is 0 Å². The molecule has 2 heterocycles. The number of nitrogen functional groups attached to an aromatic ring is 1. The van der Waals surface area contributed by atoms with Crippen LogP contribution in [-0.4, -0.2) is 14.5 Å². The molecule has 0 saturated heterocycles. The summed E-state index contributed by atoms with van der Waals surface area (Å²) in [7, 11) is 0. The van der Waals surface area contributed by atoms with Crippen molar-refractivity contribution in [1.82, 2.24) is 14.5 Å². The number of anilines is 1. The molecule has 0 saturated carbocycles. The second-order valence-electron chi connectivity index (χ2n) is 3.55. The molecule has 0 aliphatic carbocycles. The van der Waals surface area contributed by atoms with Crippen LogP contribution in [-0.2, 0) is 6.54 Å². The van der Waals surface area contributed by atoms with Crippen LogP contribution >= 0.6 is 11.3 Å². The molecule has 0 spiro atoms. The van der Waals surface area contributed by atoms with E-state index in [9.17, 15) is 4.79 Å². The van der Waals surface area contributed by atoms with Gasteiger partial charge >= 0.3 is 0 Å². The van der Waals surface area contributed by atoms with Gasteiger partial charge in [-0.1, -0.05) is 0 Å². The van der Waals surface area contributed by atoms with E-state index in [0.717, 1.165) is 11.4 Å². The number of thiazole rings is 1. The standard InChI is InChI=1S/C10H12N4OS/c1-6-3-9(15)14(7(2)12-6)4-8-5-16-10(11)13-8/h3,5H,4H2,1-2H3,(H2,11,13). The fourth-order valence-electron chi connectivity index (χ4n) is 1.51. The Kier molecular flexibility index (Phi) is 2.74. The SMILES string of the molecule is Cc1cc(=O)n(Cc2csc(N)n2)c(C)n1. The van der Waals surface area contributed by atoms with E-state index in [1.807, 2.05) is 12.3 Å². The van der Waals surface area contributed by atoms with E-state index in [2.05, 4.69) is 9.97 Å². The predicted octanol–water partition coefficient (Wildman–Crippen LogP) is 0.947. The summed E-state index contributed by atoms with van der Waals surface area (Å²) in [5.74, 6) is 0.691. The lowest BCUT2D eigenvalue weighted by molar-refractivity contribution is 0.684. The minimum Gasteiger partial charge on any atom is -0.375 e. The second-order valence-corrected chi connectivity index (χ2v) is 4.44. The summed E-state index contributed by atoms with van der Waals surface area (Å²) in [6.07, 6.45) is 0. The fourth-order valence-corrected chi connectivity index (χ4v) is 2.07. The van der Waals surface area contributed by atoms with Gasteiger partial charge in [0.2, 0.25) is 0 Å². The number of rotatable bonds is 2. The Labute approximate surface area is 96.6 Å². The van der Waals surface area contributed by atoms with Crippen molar-refractivity contribution in [3.63, 3.8) is 0 Å². The first kappa shape index (κ1) is 10.8. The normalized spacial score (nSPS) is 10.6. The van der Waals surface area contributed by atoms with Gasteiger partial charge in [0, 0.05) is 17.1 Å². The van der Waals surface area contributed by atoms with Gasteiger partial charge in [0.15, 0.2) is 5.13 Å². The lowest BCUT2D eigenvalue weighted by atomic mass is 10.4. The van der Waals surface area contributed by atoms with Crippen molar-refractivity contribution < 1.29 is 0 Å². The summed E-state index contributed by atoms with van der Waals surface area (Å²) in [6, 6.07) is 1.52. The average molecular weight is 236 g/mol. The van der Waals surface area contributed by atoms with Crippen LogP contribution in [0.25, 0.3) is 0 Å². The molecular weight excluding hydrogens is 224 g/mol. The highest BCUT2D eigenvalue weighted by Crippen LogP contribution is 2.11. The van der Waals surface area contributed by atoms with Crippen LogP contribution in [0, 0.1) is 13.8 Å². The first-order valence-electron chi connectivity index (χ1n) is 4.81. The molecule has 2 aromatic rings. The lowest BCUT2D eigenvalue weighted by Crippen LogP contribution is -2.24. The molecule has 0 aromatic carbocycles. The molecular formula is C10H12N4OS. The smallest absolute Gasteiger partial charge is 0.254 e. The largest absolute Gasteiger partial charge is 0.375 e. The fraction of sp³-hybridized carbons (Fsp3) is 0.300. The van der Waals surface area contributed by atoms with E-state index in [0.29, 0.717) is 17.5 Å². The zero-order valence-corrected chi connectivity index (χ0v) is 9.91. The Hall–Kier alpha value is -1.69. The second kappa shape index (κ2) is 4.05. The van der Waals surface area contributed by atoms with Gasteiger partial charge in [-0.3, -0.25) is 9.36 Å². The zero-order chi connectivity index (χ0) is 11.7. The van der Waals surface area contributed by atoms with Gasteiger partial charge in [-0.2, -0.15) is 0 Å². The molecule has 16 heavy (non-hydrogen) atoms. The molecule has 0 amide bonds. The summed E-state index contributed by atoms with van der Waals surface area (Å²) in [6.45, 7) is 4.04. The number of aromatic nitrogens is 3. The number of hydrogen-bond donors (Lipinski definition) is 1. The Morgan fingerprint density at radius 1 is 1.44 bits per heavy atom. The number of hydrogen-bond acceptors (Lipinski definition) is 5. The average Bonchev–Trinajstić information content (AvgIpc) is 2.58. The van der Waals surface area contributed by atoms with Gasteiger partial charge in [0.05, 0.1) is 12.2 Å². The van der Waals surface area contributed by atoms with Crippen molar-refractivity contribution >= 4 is 16.5 Å². The van der Waals surface area contributed by atoms with Crippen LogP contribution in [0.3, 0.4) is 0 Å². The van der Waals surface area contributed by atoms with E-state index in [1.54, 1.807) is 11.5 Å². The minimum absolute atomic E-state index is 0.0587. The van der Waals surface area contributed by atoms with Crippen molar-refractivity contribution in [3.8, 4) is 0 Å². The molecule has 2 aromatic heterocycles. The molecule has 2 N–H and O–H groups in total. The van der Waals surface area contributed by atoms with E-state index in [4.69, 9.17) is 5.73 Å². The van der Waals surface area contributed by atoms with Crippen molar-refractivity contribution in [2.45, 2.75) is 20.4 Å². The molecule has 5 nitrogen and oxygen atoms in total. The number of nitrogens with two attached hydrogens (primary N) is 1. The monoisotopic (exact) mass is 236 g/mol. The van der Waals surface area contributed by atoms with E-state index in [-0.39, 0.29) is 5.56 Å². The van der Waals surface area contributed by atoms with Gasteiger partial charge in [-0.05, 0) is 13.8 Å². The van der Waals surface area contributed by atoms with Crippen molar-refractivity contribution in [2.75, 3.05) is 5.73 Å². The minimum atomic E-state index is -0.0587. The van der Waals surface area contributed by atoms with Crippen LogP contribution in [0.4, 0.5) is 5.13 Å². The summed E-state index contributed by atoms with van der Waals surface area (Å²) >= 11 is 1.37. The Balaban J connectivity index is 2.38. The molecule has 0 aliphatic rings. The molecule has 84 valence electrons. The van der Waals surface area contributed by atoms with E-state index in [1.165, 1.54) is 17.4 Å². The maximum Gasteiger partial charge on any atom is 0.254 e. The topological polar surface area (TPSA) is 73.8 Å². The van der Waals surface area contributed by atoms with Gasteiger partial charge in [0.25, 0.3) is 5.56 Å². The molecule has 0 bridgehead atoms. The quantitative estimate of drug-likeness (QED) is 0.842. The van der Waals surface area contributed by atoms with Crippen LogP contribution in [0.15, 0.2) is 16.2 Å². The zero-order valence-electron chi connectivity index (χ0n) is 9.10. The Bertz CT molecular complexity index is 572. The summed E-state index contributed by atoms with van der Waals surface area (Å²) in [5, 5.41) is 2.36. The van der Waals surface area contributed by atoms with Crippen molar-refractivity contribution in [1.29, 1.82) is 0 Å². The van der Waals surface area contributed by atoms with Gasteiger partial charge in [-0.25, -0.2) is 9.97 Å². The predicted molar refractivity (Wildman–Crippen MR) is 63.6 cm³/mol. The highest BCUT2D eigenvalue weighted by molar-refractivity contribution is 7.13. The third-order valence-electron chi connectivity index (χ3n) is 2.22. The first-order chi connectivity index (χ1) is 7.56. The lowest BCUT2D eigenvalue weighted by Gasteiger charge is -2.07. The van der Waals surface area contributed by atoms with Gasteiger partial charge in [0.1, 0.15) is 5.82 Å². The van der Waals surface area contributed by atoms with E-state index >= 15 is 0 Å². The van der Waals surface area contributed by atoms with E-state index < -0.39 is 0 Å². The highest BCUT2D eigenvalue weighted by Gasteiger charge is 2.06. The first-order valence-corrected chi connectivity index (χ1v) is 5.69. The van der Waals surface area contributed by atoms with Gasteiger partial charge < -0.3 is 5.73 Å². The molecule has 2 rings (SSSR count). The van der Waals surface area contributed by atoms with Gasteiger partial charge in [-0.15, -0.1) is 11.3 Å². The summed E-state index contributed by atoms with van der Waals surface area (Å²) < 4.78 is 1.58. The third-order valence-corrected chi connectivity index (χ3v) is 2.94. The van der Waals surface area contributed by atoms with Crippen molar-refractivity contribution in [3.05, 3.63) is 39.0 Å². The third kappa shape index (κ3) is 2.11. The molecule has 0 unspecified atom stereocenters. The van der Waals surface area contributed by atoms with Crippen LogP contribution < -0.4 is 11.3 Å². The maximum absolute atomic E-state index is 11.7. The number of aryl methyl sites for hydroxylation is 2. The summed E-state index contributed by atoms with van der Waals surface area (Å²) in [4.78, 5) is 20.1. The Morgan fingerprint density at radius 2 is 2.19 bits per heavy atom. The Morgan fingerprint density at radius 3 is 2.75 bits per heavy atom. The molecule has 6 heteroatoms. The molecule has 0 atom stereocenters. The maximum atomic E-state index is 11.7. The molecule has 0 radical (unpaired) electrons. The summed E-state index contributed by atoms with van der Waals surface area (Å²) in [5.41, 5.74) is 7.00.